The van der Waals surface area contributed by atoms with Gasteiger partial charge in [-0.3, -0.25) is 18.8 Å². The van der Waals surface area contributed by atoms with Gasteiger partial charge in [0.1, 0.15) is 12.4 Å². The topological polar surface area (TPSA) is 108 Å². The fraction of sp³-hybridized carbons (Fsp3) is 0.290. The van der Waals surface area contributed by atoms with Gasteiger partial charge in [0.2, 0.25) is 11.7 Å². The molecule has 0 saturated carbocycles. The van der Waals surface area contributed by atoms with E-state index in [1.807, 2.05) is 36.4 Å². The number of pyridine rings is 1. The highest BCUT2D eigenvalue weighted by Gasteiger charge is 2.28. The Bertz CT molecular complexity index is 1670. The van der Waals surface area contributed by atoms with Crippen LogP contribution in [0.2, 0.25) is 0 Å². The van der Waals surface area contributed by atoms with Crippen molar-refractivity contribution < 1.29 is 18.7 Å². The largest absolute Gasteiger partial charge is 0.481 e. The number of hydrogen-bond donors (Lipinski definition) is 2. The van der Waals surface area contributed by atoms with Crippen LogP contribution in [0.5, 0.6) is 5.75 Å². The molecule has 0 bridgehead atoms. The summed E-state index contributed by atoms with van der Waals surface area (Å²) >= 11 is 0. The summed E-state index contributed by atoms with van der Waals surface area (Å²) in [6.45, 7) is 2.96. The van der Waals surface area contributed by atoms with Crippen LogP contribution in [-0.4, -0.2) is 53.9 Å². The molecule has 0 spiro atoms. The summed E-state index contributed by atoms with van der Waals surface area (Å²) in [5.74, 6) is -1.34. The minimum absolute atomic E-state index is 0.0526. The Hall–Kier alpha value is -4.77. The van der Waals surface area contributed by atoms with Crippen LogP contribution in [0, 0.1) is 5.82 Å². The van der Waals surface area contributed by atoms with E-state index in [0.717, 1.165) is 37.2 Å². The minimum atomic E-state index is -0.622. The third kappa shape index (κ3) is 5.68. The maximum Gasteiger partial charge on any atom is 0.301 e. The Kier molecular flexibility index (Phi) is 7.83. The quantitative estimate of drug-likeness (QED) is 0.336. The zero-order valence-corrected chi connectivity index (χ0v) is 23.0. The van der Waals surface area contributed by atoms with Gasteiger partial charge >= 0.3 is 5.56 Å². The van der Waals surface area contributed by atoms with Crippen LogP contribution in [0.15, 0.2) is 71.7 Å². The van der Waals surface area contributed by atoms with E-state index < -0.39 is 11.5 Å². The van der Waals surface area contributed by atoms with Crippen molar-refractivity contribution in [2.24, 2.45) is 0 Å². The first-order valence-electron chi connectivity index (χ1n) is 14.0. The van der Waals surface area contributed by atoms with Crippen molar-refractivity contribution in [3.63, 3.8) is 0 Å². The molecule has 2 fully saturated rings. The number of rotatable bonds is 8. The molecule has 0 radical (unpaired) electrons. The van der Waals surface area contributed by atoms with Crippen LogP contribution in [0.4, 0.5) is 15.8 Å². The molecule has 0 aliphatic carbocycles. The molecule has 2 amide bonds. The summed E-state index contributed by atoms with van der Waals surface area (Å²) in [7, 11) is 0. The molecule has 4 heterocycles. The highest BCUT2D eigenvalue weighted by atomic mass is 19.1. The number of benzene rings is 2. The maximum atomic E-state index is 14.1. The number of nitrogens with zero attached hydrogens (tertiary/aromatic N) is 4. The van der Waals surface area contributed by atoms with Crippen molar-refractivity contribution >= 4 is 28.8 Å². The monoisotopic (exact) mass is 570 g/mol. The molecule has 2 aliphatic rings. The van der Waals surface area contributed by atoms with Crippen LogP contribution in [0.3, 0.4) is 0 Å². The van der Waals surface area contributed by atoms with Crippen LogP contribution in [0.1, 0.15) is 34.5 Å². The van der Waals surface area contributed by atoms with Crippen LogP contribution >= 0.6 is 0 Å². The first kappa shape index (κ1) is 27.4. The van der Waals surface area contributed by atoms with Crippen LogP contribution < -0.4 is 30.7 Å². The zero-order chi connectivity index (χ0) is 29.1. The maximum absolute atomic E-state index is 14.1. The van der Waals surface area contributed by atoms with E-state index in [1.165, 1.54) is 16.5 Å². The van der Waals surface area contributed by atoms with Gasteiger partial charge in [-0.05, 0) is 42.2 Å². The summed E-state index contributed by atoms with van der Waals surface area (Å²) in [5.41, 5.74) is 2.22. The SMILES string of the molecule is O=C(NCc1ccc(F)cc1)c1nc2c(N3CCNCC3=O)cc(N3CCCC3)cn2c(=O)c1OCc1ccccc1. The van der Waals surface area contributed by atoms with Crippen molar-refractivity contribution in [2.45, 2.75) is 26.0 Å². The number of aromatic nitrogens is 2. The number of anilines is 2. The third-order valence-corrected chi connectivity index (χ3v) is 7.51. The summed E-state index contributed by atoms with van der Waals surface area (Å²) in [6.07, 6.45) is 3.78. The first-order chi connectivity index (χ1) is 20.5. The second kappa shape index (κ2) is 12.0. The molecule has 2 N–H and O–H groups in total. The molecule has 2 saturated heterocycles. The van der Waals surface area contributed by atoms with Gasteiger partial charge in [0.25, 0.3) is 5.91 Å². The van der Waals surface area contributed by atoms with Gasteiger partial charge in [-0.1, -0.05) is 42.5 Å². The molecule has 4 aromatic rings. The molecule has 2 aromatic heterocycles. The molecule has 42 heavy (non-hydrogen) atoms. The molecule has 2 aromatic carbocycles. The smallest absolute Gasteiger partial charge is 0.301 e. The number of hydrogen-bond acceptors (Lipinski definition) is 7. The van der Waals surface area contributed by atoms with Gasteiger partial charge in [0.05, 0.1) is 17.9 Å². The van der Waals surface area contributed by atoms with Gasteiger partial charge in [0, 0.05) is 38.9 Å². The molecule has 2 aliphatic heterocycles. The van der Waals surface area contributed by atoms with E-state index in [4.69, 9.17) is 4.74 Å². The molecular formula is C31H31FN6O4. The molecular weight excluding hydrogens is 539 g/mol. The summed E-state index contributed by atoms with van der Waals surface area (Å²) in [6, 6.07) is 17.0. The molecule has 6 rings (SSSR count). The van der Waals surface area contributed by atoms with Crippen molar-refractivity contribution in [1.29, 1.82) is 0 Å². The Morgan fingerprint density at radius 1 is 1.00 bits per heavy atom. The lowest BCUT2D eigenvalue weighted by molar-refractivity contribution is -0.118. The molecule has 10 nitrogen and oxygen atoms in total. The lowest BCUT2D eigenvalue weighted by Gasteiger charge is -2.30. The Morgan fingerprint density at radius 3 is 2.50 bits per heavy atom. The number of nitrogens with one attached hydrogen (secondary N) is 2. The second-order valence-electron chi connectivity index (χ2n) is 10.4. The van der Waals surface area contributed by atoms with Gasteiger partial charge in [-0.15, -0.1) is 0 Å². The Labute approximate surface area is 241 Å². The van der Waals surface area contributed by atoms with Crippen LogP contribution in [0.25, 0.3) is 5.65 Å². The Morgan fingerprint density at radius 2 is 1.76 bits per heavy atom. The summed E-state index contributed by atoms with van der Waals surface area (Å²) < 4.78 is 20.8. The molecule has 0 unspecified atom stereocenters. The van der Waals surface area contributed by atoms with Crippen molar-refractivity contribution in [3.05, 3.63) is 99.9 Å². The highest BCUT2D eigenvalue weighted by molar-refractivity contribution is 6.00. The standard InChI is InChI=1S/C31H31FN6O4/c32-23-10-8-21(9-11-23)17-34-30(40)27-28(42-20-22-6-2-1-3-7-22)31(41)38-19-24(36-13-4-5-14-36)16-25(29(38)35-27)37-15-12-33-18-26(37)39/h1-3,6-11,16,19,33H,4-5,12-15,17-18,20H2,(H,34,40). The second-order valence-corrected chi connectivity index (χ2v) is 10.4. The molecule has 0 atom stereocenters. The fourth-order valence-electron chi connectivity index (χ4n) is 5.28. The number of fused-ring (bicyclic) bond motifs is 1. The van der Waals surface area contributed by atoms with E-state index in [2.05, 4.69) is 20.5 Å². The Balaban J connectivity index is 1.46. The number of piperazine rings is 1. The number of carbonyl (C=O) groups is 2. The van der Waals surface area contributed by atoms with Crippen molar-refractivity contribution in [3.8, 4) is 5.75 Å². The predicted octanol–water partition coefficient (Wildman–Crippen LogP) is 2.88. The van der Waals surface area contributed by atoms with E-state index >= 15 is 0 Å². The minimum Gasteiger partial charge on any atom is -0.481 e. The van der Waals surface area contributed by atoms with E-state index in [0.29, 0.717) is 24.3 Å². The zero-order valence-electron chi connectivity index (χ0n) is 23.0. The predicted molar refractivity (Wildman–Crippen MR) is 156 cm³/mol. The number of carbonyl (C=O) groups excluding carboxylic acids is 2. The lowest BCUT2D eigenvalue weighted by Crippen LogP contribution is -2.48. The summed E-state index contributed by atoms with van der Waals surface area (Å²) in [4.78, 5) is 49.1. The van der Waals surface area contributed by atoms with E-state index in [-0.39, 0.29) is 48.5 Å². The summed E-state index contributed by atoms with van der Waals surface area (Å²) in [5, 5.41) is 5.85. The van der Waals surface area contributed by atoms with E-state index in [9.17, 15) is 18.8 Å². The van der Waals surface area contributed by atoms with Crippen molar-refractivity contribution in [2.75, 3.05) is 42.5 Å². The fourth-order valence-corrected chi connectivity index (χ4v) is 5.28. The van der Waals surface area contributed by atoms with Gasteiger partial charge in [-0.2, -0.15) is 0 Å². The number of amides is 2. The normalized spacial score (nSPS) is 15.3. The average molecular weight is 571 g/mol. The van der Waals surface area contributed by atoms with Gasteiger partial charge < -0.3 is 25.2 Å². The molecule has 216 valence electrons. The van der Waals surface area contributed by atoms with E-state index in [1.54, 1.807) is 23.2 Å². The average Bonchev–Trinajstić information content (AvgIpc) is 3.56. The van der Waals surface area contributed by atoms with Gasteiger partial charge in [-0.25, -0.2) is 9.37 Å². The third-order valence-electron chi connectivity index (χ3n) is 7.51. The van der Waals surface area contributed by atoms with Gasteiger partial charge in [0.15, 0.2) is 11.3 Å². The first-order valence-corrected chi connectivity index (χ1v) is 14.0. The molecule has 11 heteroatoms. The number of halogens is 1. The van der Waals surface area contributed by atoms with Crippen molar-refractivity contribution in [1.82, 2.24) is 20.0 Å². The van der Waals surface area contributed by atoms with Crippen LogP contribution in [-0.2, 0) is 17.9 Å². The number of ether oxygens (including phenoxy) is 1. The lowest BCUT2D eigenvalue weighted by atomic mass is 10.2. The highest BCUT2D eigenvalue weighted by Crippen LogP contribution is 2.30.